The second-order valence-corrected chi connectivity index (χ2v) is 10.6. The Bertz CT molecular complexity index is 543. The molecule has 6 atom stereocenters. The first-order valence-corrected chi connectivity index (χ1v) is 14.5. The van der Waals surface area contributed by atoms with E-state index in [9.17, 15) is 20.1 Å². The van der Waals surface area contributed by atoms with Crippen molar-refractivity contribution in [2.45, 2.75) is 166 Å². The average Bonchev–Trinajstić information content (AvgIpc) is 2.85. The molecule has 2 saturated heterocycles. The van der Waals surface area contributed by atoms with E-state index in [0.29, 0.717) is 6.42 Å². The Balaban J connectivity index is 1.78. The maximum Gasteiger partial charge on any atom is 0.305 e. The lowest BCUT2D eigenvalue weighted by Gasteiger charge is -2.41. The summed E-state index contributed by atoms with van der Waals surface area (Å²) in [5, 5.41) is 31.1. The van der Waals surface area contributed by atoms with Crippen molar-refractivity contribution in [1.29, 1.82) is 0 Å². The van der Waals surface area contributed by atoms with E-state index in [0.717, 1.165) is 51.4 Å². The van der Waals surface area contributed by atoms with Gasteiger partial charge in [0, 0.05) is 6.42 Å². The van der Waals surface area contributed by atoms with Crippen molar-refractivity contribution in [3.8, 4) is 0 Å². The van der Waals surface area contributed by atoms with E-state index in [1.165, 1.54) is 64.2 Å². The van der Waals surface area contributed by atoms with Gasteiger partial charge < -0.3 is 29.5 Å². The quantitative estimate of drug-likeness (QED) is 0.251. The van der Waals surface area contributed by atoms with Crippen LogP contribution in [0.4, 0.5) is 0 Å². The molecule has 7 nitrogen and oxygen atoms in total. The summed E-state index contributed by atoms with van der Waals surface area (Å²) in [6, 6.07) is 0. The Labute approximate surface area is 212 Å². The highest BCUT2D eigenvalue weighted by molar-refractivity contribution is 5.69. The van der Waals surface area contributed by atoms with Crippen LogP contribution in [0.15, 0.2) is 0 Å². The second kappa shape index (κ2) is 18.5. The van der Waals surface area contributed by atoms with Gasteiger partial charge in [-0.3, -0.25) is 4.79 Å². The van der Waals surface area contributed by atoms with Gasteiger partial charge in [0.25, 0.3) is 0 Å². The Kier molecular flexibility index (Phi) is 16.1. The van der Waals surface area contributed by atoms with Gasteiger partial charge in [-0.1, -0.05) is 103 Å². The maximum absolute atomic E-state index is 12.0. The molecule has 2 fully saturated rings. The predicted molar refractivity (Wildman–Crippen MR) is 136 cm³/mol. The Morgan fingerprint density at radius 2 is 1.31 bits per heavy atom. The number of ether oxygens (including phenoxy) is 3. The molecule has 0 unspecified atom stereocenters. The van der Waals surface area contributed by atoms with Crippen LogP contribution in [-0.2, 0) is 19.0 Å². The van der Waals surface area contributed by atoms with Crippen LogP contribution in [0.1, 0.15) is 129 Å². The summed E-state index contributed by atoms with van der Waals surface area (Å²) < 4.78 is 17.2. The molecule has 0 aromatic carbocycles. The molecule has 0 aromatic heterocycles. The molecule has 0 saturated carbocycles. The van der Waals surface area contributed by atoms with E-state index >= 15 is 0 Å². The molecular formula is C28H52O7. The smallest absolute Gasteiger partial charge is 0.305 e. The molecule has 0 aliphatic carbocycles. The minimum Gasteiger partial charge on any atom is -0.463 e. The number of aliphatic hydroxyl groups excluding tert-OH is 3. The monoisotopic (exact) mass is 500 g/mol. The third kappa shape index (κ3) is 12.4. The second-order valence-electron chi connectivity index (χ2n) is 10.6. The molecule has 0 radical (unpaired) electrons. The van der Waals surface area contributed by atoms with Crippen molar-refractivity contribution < 1.29 is 34.3 Å². The SMILES string of the molecule is CCCCCCCCCCCCC[C@@H]1CCCCCCCC(=O)OC[C@H]2O[C@@H](O1)[C@H](O)[C@@H](O)[C@@H]2O. The van der Waals surface area contributed by atoms with Crippen LogP contribution in [0.25, 0.3) is 0 Å². The number of carbonyl (C=O) groups excluding carboxylic acids is 1. The summed E-state index contributed by atoms with van der Waals surface area (Å²) in [6.45, 7) is 2.09. The molecular weight excluding hydrogens is 448 g/mol. The van der Waals surface area contributed by atoms with Crippen molar-refractivity contribution in [2.24, 2.45) is 0 Å². The number of unbranched alkanes of at least 4 members (excludes halogenated alkanes) is 10. The van der Waals surface area contributed by atoms with Gasteiger partial charge in [-0.25, -0.2) is 0 Å². The largest absolute Gasteiger partial charge is 0.463 e. The predicted octanol–water partition coefficient (Wildman–Crippen LogP) is 5.17. The zero-order valence-electron chi connectivity index (χ0n) is 22.1. The molecule has 0 spiro atoms. The molecule has 0 amide bonds. The first-order chi connectivity index (χ1) is 17.0. The van der Waals surface area contributed by atoms with Crippen molar-refractivity contribution in [3.05, 3.63) is 0 Å². The molecule has 2 heterocycles. The Morgan fingerprint density at radius 3 is 2.00 bits per heavy atom. The van der Waals surface area contributed by atoms with Gasteiger partial charge in [0.05, 0.1) is 6.10 Å². The van der Waals surface area contributed by atoms with Crippen LogP contribution >= 0.6 is 0 Å². The van der Waals surface area contributed by atoms with Crippen molar-refractivity contribution in [2.75, 3.05) is 6.61 Å². The molecule has 206 valence electrons. The summed E-state index contributed by atoms with van der Waals surface area (Å²) in [7, 11) is 0. The van der Waals surface area contributed by atoms with E-state index in [2.05, 4.69) is 6.92 Å². The van der Waals surface area contributed by atoms with Gasteiger partial charge in [0.2, 0.25) is 0 Å². The van der Waals surface area contributed by atoms with E-state index < -0.39 is 30.7 Å². The fourth-order valence-electron chi connectivity index (χ4n) is 5.09. The number of hydrogen-bond acceptors (Lipinski definition) is 7. The fraction of sp³-hybridized carbons (Fsp3) is 0.964. The lowest BCUT2D eigenvalue weighted by molar-refractivity contribution is -0.312. The summed E-state index contributed by atoms with van der Waals surface area (Å²) in [5.41, 5.74) is 0. The van der Waals surface area contributed by atoms with Crippen LogP contribution in [0.3, 0.4) is 0 Å². The van der Waals surface area contributed by atoms with Crippen molar-refractivity contribution in [3.63, 3.8) is 0 Å². The molecule has 35 heavy (non-hydrogen) atoms. The number of fused-ring (bicyclic) bond motifs is 2. The standard InChI is InChI=1S/C28H52O7/c1-2-3-4-5-6-7-8-9-10-12-15-18-22-19-16-13-11-14-17-20-24(29)33-21-23-25(30)26(31)27(32)28(34-22)35-23/h22-23,25-28,30-32H,2-21H2,1H3/t22-,23-,25-,26+,27-,28-/m1/s1. The topological polar surface area (TPSA) is 105 Å². The zero-order valence-corrected chi connectivity index (χ0v) is 22.1. The first-order valence-electron chi connectivity index (χ1n) is 14.5. The van der Waals surface area contributed by atoms with Crippen LogP contribution in [0.5, 0.6) is 0 Å². The van der Waals surface area contributed by atoms with Gasteiger partial charge >= 0.3 is 5.97 Å². The summed E-state index contributed by atoms with van der Waals surface area (Å²) in [4.78, 5) is 12.0. The van der Waals surface area contributed by atoms with E-state index in [4.69, 9.17) is 14.2 Å². The van der Waals surface area contributed by atoms with Crippen LogP contribution < -0.4 is 0 Å². The Morgan fingerprint density at radius 1 is 0.714 bits per heavy atom. The third-order valence-corrected chi connectivity index (χ3v) is 7.44. The number of cyclic esters (lactones) is 1. The van der Waals surface area contributed by atoms with Crippen molar-refractivity contribution >= 4 is 5.97 Å². The fourth-order valence-corrected chi connectivity index (χ4v) is 5.09. The minimum absolute atomic E-state index is 0.0658. The van der Waals surface area contributed by atoms with Crippen LogP contribution in [-0.4, -0.2) is 64.7 Å². The highest BCUT2D eigenvalue weighted by Crippen LogP contribution is 2.27. The van der Waals surface area contributed by atoms with Crippen LogP contribution in [0.2, 0.25) is 0 Å². The average molecular weight is 501 g/mol. The van der Waals surface area contributed by atoms with Crippen LogP contribution in [0, 0.1) is 0 Å². The first kappa shape index (κ1) is 30.5. The van der Waals surface area contributed by atoms with Gasteiger partial charge in [-0.05, 0) is 19.3 Å². The summed E-state index contributed by atoms with van der Waals surface area (Å²) >= 11 is 0. The Hall–Kier alpha value is -0.730. The summed E-state index contributed by atoms with van der Waals surface area (Å²) in [5.74, 6) is -0.330. The highest BCUT2D eigenvalue weighted by Gasteiger charge is 2.45. The molecule has 0 aromatic rings. The van der Waals surface area contributed by atoms with Gasteiger partial charge in [-0.2, -0.15) is 0 Å². The lowest BCUT2D eigenvalue weighted by atomic mass is 9.98. The lowest BCUT2D eigenvalue weighted by Crippen LogP contribution is -2.60. The zero-order chi connectivity index (χ0) is 25.3. The van der Waals surface area contributed by atoms with Gasteiger partial charge in [-0.15, -0.1) is 0 Å². The normalized spacial score (nSPS) is 31.4. The maximum atomic E-state index is 12.0. The van der Waals surface area contributed by atoms with E-state index in [-0.39, 0.29) is 18.7 Å². The molecule has 2 rings (SSSR count). The third-order valence-electron chi connectivity index (χ3n) is 7.44. The summed E-state index contributed by atoms with van der Waals surface area (Å²) in [6.07, 6.45) is 15.1. The van der Waals surface area contributed by atoms with Crippen molar-refractivity contribution in [1.82, 2.24) is 0 Å². The number of rotatable bonds is 12. The molecule has 2 aliphatic heterocycles. The van der Waals surface area contributed by atoms with E-state index in [1.54, 1.807) is 0 Å². The van der Waals surface area contributed by atoms with E-state index in [1.807, 2.05) is 0 Å². The van der Waals surface area contributed by atoms with Gasteiger partial charge in [0.15, 0.2) is 6.29 Å². The minimum atomic E-state index is -1.41. The number of carbonyl (C=O) groups is 1. The molecule has 2 bridgehead atoms. The molecule has 3 N–H and O–H groups in total. The molecule has 7 heteroatoms. The number of aliphatic hydroxyl groups is 3. The number of hydrogen-bond donors (Lipinski definition) is 3. The number of esters is 1. The highest BCUT2D eigenvalue weighted by atomic mass is 16.7. The van der Waals surface area contributed by atoms with Gasteiger partial charge in [0.1, 0.15) is 31.0 Å². The molecule has 2 aliphatic rings.